The van der Waals surface area contributed by atoms with Crippen LogP contribution < -0.4 is 0 Å². The standard InChI is InChI=1S/C5H6O.Sm/c6-5-3-1-2-4-5;/h1-3,6H,4H2;. The van der Waals surface area contributed by atoms with Crippen LogP contribution in [0.25, 0.3) is 0 Å². The minimum absolute atomic E-state index is 0. The average Bonchev–Trinajstić information content (AvgIpc) is 1.86. The van der Waals surface area contributed by atoms with E-state index in [9.17, 15) is 0 Å². The third-order valence-corrected chi connectivity index (χ3v) is 0.752. The molecule has 1 aliphatic rings. The molecule has 0 aromatic carbocycles. The quantitative estimate of drug-likeness (QED) is 0.669. The smallest absolute Gasteiger partial charge is 0.0960 e. The van der Waals surface area contributed by atoms with Gasteiger partial charge in [0.05, 0.1) is 5.76 Å². The van der Waals surface area contributed by atoms with E-state index in [1.165, 1.54) is 0 Å². The molecular weight excluding hydrogens is 226 g/mol. The van der Waals surface area contributed by atoms with E-state index in [1.807, 2.05) is 12.2 Å². The Balaban J connectivity index is 0.000000360. The molecule has 1 N–H and O–H groups in total. The second-order valence-corrected chi connectivity index (χ2v) is 1.29. The first-order valence-corrected chi connectivity index (χ1v) is 1.94. The molecule has 2 heteroatoms. The zero-order valence-electron chi connectivity index (χ0n) is 3.79. The molecule has 0 bridgehead atoms. The number of aliphatic hydroxyl groups excluding tert-OH is 1. The van der Waals surface area contributed by atoms with E-state index < -0.39 is 0 Å². The predicted octanol–water partition coefficient (Wildman–Crippen LogP) is 1.39. The number of allylic oxidation sites excluding steroid dienone is 3. The summed E-state index contributed by atoms with van der Waals surface area (Å²) >= 11 is 0. The summed E-state index contributed by atoms with van der Waals surface area (Å²) < 4.78 is 0. The van der Waals surface area contributed by atoms with Crippen LogP contribution in [0.2, 0.25) is 0 Å². The van der Waals surface area contributed by atoms with Crippen LogP contribution in [0.1, 0.15) is 6.42 Å². The first-order chi connectivity index (χ1) is 2.89. The van der Waals surface area contributed by atoms with Crippen LogP contribution in [-0.4, -0.2) is 5.11 Å². The van der Waals surface area contributed by atoms with Crippen molar-refractivity contribution in [3.8, 4) is 0 Å². The normalized spacial score (nSPS) is 15.7. The Bertz CT molecular complexity index is 105. The fraction of sp³-hybridized carbons (Fsp3) is 0.200. The van der Waals surface area contributed by atoms with Crippen LogP contribution in [0, 0.1) is 40.4 Å². The fourth-order valence-electron chi connectivity index (χ4n) is 0.436. The largest absolute Gasteiger partial charge is 0.512 e. The van der Waals surface area contributed by atoms with E-state index in [0.717, 1.165) is 6.42 Å². The Kier molecular flexibility index (Phi) is 3.92. The molecule has 0 saturated heterocycles. The van der Waals surface area contributed by atoms with Gasteiger partial charge in [-0.05, 0) is 6.08 Å². The molecule has 0 amide bonds. The fourth-order valence-corrected chi connectivity index (χ4v) is 0.436. The van der Waals surface area contributed by atoms with Crippen LogP contribution in [0.15, 0.2) is 24.0 Å². The molecule has 0 aromatic rings. The van der Waals surface area contributed by atoms with Gasteiger partial charge in [0.1, 0.15) is 0 Å². The van der Waals surface area contributed by atoms with Gasteiger partial charge in [0, 0.05) is 46.8 Å². The minimum Gasteiger partial charge on any atom is -0.512 e. The van der Waals surface area contributed by atoms with Gasteiger partial charge in [-0.2, -0.15) is 0 Å². The minimum atomic E-state index is 0. The van der Waals surface area contributed by atoms with Crippen LogP contribution in [0.5, 0.6) is 0 Å². The second kappa shape index (κ2) is 3.60. The van der Waals surface area contributed by atoms with E-state index in [2.05, 4.69) is 0 Å². The van der Waals surface area contributed by atoms with E-state index >= 15 is 0 Å². The summed E-state index contributed by atoms with van der Waals surface area (Å²) in [5, 5.41) is 8.53. The summed E-state index contributed by atoms with van der Waals surface area (Å²) in [5.41, 5.74) is 0. The van der Waals surface area contributed by atoms with Gasteiger partial charge in [-0.1, -0.05) is 12.2 Å². The maximum absolute atomic E-state index is 8.53. The summed E-state index contributed by atoms with van der Waals surface area (Å²) in [5.74, 6) is 0.468. The number of rotatable bonds is 0. The second-order valence-electron chi connectivity index (χ2n) is 1.29. The van der Waals surface area contributed by atoms with Crippen LogP contribution in [0.3, 0.4) is 0 Å². The van der Waals surface area contributed by atoms with E-state index in [4.69, 9.17) is 5.11 Å². The SMILES string of the molecule is OC1=CC=CC1.[Sm]. The van der Waals surface area contributed by atoms with Gasteiger partial charge in [0.25, 0.3) is 0 Å². The predicted molar refractivity (Wildman–Crippen MR) is 24.5 cm³/mol. The van der Waals surface area contributed by atoms with Gasteiger partial charge in [0.2, 0.25) is 0 Å². The van der Waals surface area contributed by atoms with Crippen LogP contribution >= 0.6 is 0 Å². The molecule has 0 aliphatic heterocycles. The Hall–Kier alpha value is 0.618. The molecule has 0 unspecified atom stereocenters. The van der Waals surface area contributed by atoms with Gasteiger partial charge in [-0.3, -0.25) is 0 Å². The maximum atomic E-state index is 8.53. The van der Waals surface area contributed by atoms with E-state index in [1.54, 1.807) is 6.08 Å². The van der Waals surface area contributed by atoms with Gasteiger partial charge in [-0.25, -0.2) is 0 Å². The third-order valence-electron chi connectivity index (χ3n) is 0.752. The molecule has 1 nitrogen and oxygen atoms in total. The molecule has 0 heterocycles. The monoisotopic (exact) mass is 234 g/mol. The zero-order chi connectivity index (χ0) is 4.41. The van der Waals surface area contributed by atoms with Crippen molar-refractivity contribution in [1.82, 2.24) is 0 Å². The molecule has 0 atom stereocenters. The Morgan fingerprint density at radius 3 is 2.43 bits per heavy atom. The average molecular weight is 232 g/mol. The number of aliphatic hydroxyl groups is 1. The first-order valence-electron chi connectivity index (χ1n) is 1.94. The Labute approximate surface area is 75.2 Å². The summed E-state index contributed by atoms with van der Waals surface area (Å²) in [7, 11) is 0. The van der Waals surface area contributed by atoms with Gasteiger partial charge >= 0.3 is 0 Å². The molecule has 0 fully saturated rings. The molecule has 38 valence electrons. The molecular formula is C5H6OSm. The first kappa shape index (κ1) is 7.62. The molecule has 7 heavy (non-hydrogen) atoms. The molecule has 0 saturated carbocycles. The van der Waals surface area contributed by atoms with Crippen molar-refractivity contribution in [3.05, 3.63) is 24.0 Å². The van der Waals surface area contributed by atoms with Gasteiger partial charge < -0.3 is 5.11 Å². The van der Waals surface area contributed by atoms with Crippen LogP contribution in [-0.2, 0) is 0 Å². The molecule has 1 rings (SSSR count). The van der Waals surface area contributed by atoms with Gasteiger partial charge in [0.15, 0.2) is 0 Å². The maximum Gasteiger partial charge on any atom is 0.0960 e. The van der Waals surface area contributed by atoms with Crippen LogP contribution in [0.4, 0.5) is 0 Å². The summed E-state index contributed by atoms with van der Waals surface area (Å²) in [6, 6.07) is 0. The van der Waals surface area contributed by atoms with Crippen molar-refractivity contribution in [1.29, 1.82) is 0 Å². The van der Waals surface area contributed by atoms with E-state index in [-0.39, 0.29) is 40.4 Å². The number of hydrogen-bond donors (Lipinski definition) is 1. The van der Waals surface area contributed by atoms with Gasteiger partial charge in [-0.15, -0.1) is 0 Å². The number of hydrogen-bond acceptors (Lipinski definition) is 1. The molecule has 0 radical (unpaired) electrons. The van der Waals surface area contributed by atoms with Crippen molar-refractivity contribution >= 4 is 0 Å². The summed E-state index contributed by atoms with van der Waals surface area (Å²) in [6.07, 6.45) is 6.17. The van der Waals surface area contributed by atoms with Crippen molar-refractivity contribution < 1.29 is 45.5 Å². The summed E-state index contributed by atoms with van der Waals surface area (Å²) in [4.78, 5) is 0. The topological polar surface area (TPSA) is 20.2 Å². The molecule has 1 aliphatic carbocycles. The third kappa shape index (κ3) is 2.43. The van der Waals surface area contributed by atoms with Crippen molar-refractivity contribution in [2.45, 2.75) is 6.42 Å². The van der Waals surface area contributed by atoms with Crippen molar-refractivity contribution in [3.63, 3.8) is 0 Å². The Morgan fingerprint density at radius 2 is 2.29 bits per heavy atom. The Morgan fingerprint density at radius 1 is 1.57 bits per heavy atom. The molecule has 0 spiro atoms. The summed E-state index contributed by atoms with van der Waals surface area (Å²) in [6.45, 7) is 0. The van der Waals surface area contributed by atoms with Crippen molar-refractivity contribution in [2.75, 3.05) is 0 Å². The molecule has 0 aromatic heterocycles. The zero-order valence-corrected chi connectivity index (χ0v) is 6.41. The van der Waals surface area contributed by atoms with E-state index in [0.29, 0.717) is 5.76 Å². The van der Waals surface area contributed by atoms with Crippen molar-refractivity contribution in [2.24, 2.45) is 0 Å².